The molecule has 8 heteroatoms. The van der Waals surface area contributed by atoms with Crippen molar-refractivity contribution >= 4 is 39.8 Å². The molecule has 2 aromatic rings. The predicted octanol–water partition coefficient (Wildman–Crippen LogP) is 3.66. The fourth-order valence-electron chi connectivity index (χ4n) is 2.86. The van der Waals surface area contributed by atoms with Crippen molar-refractivity contribution < 1.29 is 14.0 Å². The molecule has 0 aliphatic carbocycles. The summed E-state index contributed by atoms with van der Waals surface area (Å²) in [5, 5.41) is 3.31. The van der Waals surface area contributed by atoms with Crippen molar-refractivity contribution in [2.45, 2.75) is 25.8 Å². The van der Waals surface area contributed by atoms with Crippen molar-refractivity contribution in [2.24, 2.45) is 5.73 Å². The summed E-state index contributed by atoms with van der Waals surface area (Å²) >= 11 is 7.14. The van der Waals surface area contributed by atoms with Gasteiger partial charge in [0.2, 0.25) is 0 Å². The van der Waals surface area contributed by atoms with Crippen LogP contribution in [0.3, 0.4) is 0 Å². The van der Waals surface area contributed by atoms with Crippen LogP contribution in [0.2, 0.25) is 5.02 Å². The Balaban J connectivity index is 1.73. The van der Waals surface area contributed by atoms with Gasteiger partial charge in [0.05, 0.1) is 20.5 Å². The molecule has 2 heterocycles. The lowest BCUT2D eigenvalue weighted by molar-refractivity contribution is 0.0719. The molecule has 0 bridgehead atoms. The van der Waals surface area contributed by atoms with E-state index in [2.05, 4.69) is 5.32 Å². The van der Waals surface area contributed by atoms with Crippen LogP contribution < -0.4 is 11.1 Å². The minimum Gasteiger partial charge on any atom is -0.338 e. The second kappa shape index (κ2) is 7.73. The van der Waals surface area contributed by atoms with Crippen LogP contribution in [0.1, 0.15) is 38.4 Å². The van der Waals surface area contributed by atoms with Gasteiger partial charge < -0.3 is 16.0 Å². The molecule has 1 saturated heterocycles. The number of amides is 2. The summed E-state index contributed by atoms with van der Waals surface area (Å²) in [5.41, 5.74) is 6.86. The van der Waals surface area contributed by atoms with Gasteiger partial charge in [-0.15, -0.1) is 11.3 Å². The molecule has 26 heavy (non-hydrogen) atoms. The molecule has 1 fully saturated rings. The minimum atomic E-state index is -0.507. The lowest BCUT2D eigenvalue weighted by atomic mass is 10.1. The number of rotatable bonds is 3. The topological polar surface area (TPSA) is 75.4 Å². The fraction of sp³-hybridized carbons (Fsp3) is 0.333. The maximum atomic E-state index is 13.1. The summed E-state index contributed by atoms with van der Waals surface area (Å²) in [5.74, 6) is -0.994. The number of halogens is 2. The molecule has 0 unspecified atom stereocenters. The van der Waals surface area contributed by atoms with Crippen LogP contribution in [0.15, 0.2) is 24.3 Å². The molecule has 3 N–H and O–H groups in total. The summed E-state index contributed by atoms with van der Waals surface area (Å²) < 4.78 is 13.1. The Morgan fingerprint density at radius 2 is 2.00 bits per heavy atom. The lowest BCUT2D eigenvalue weighted by Gasteiger charge is -2.30. The highest BCUT2D eigenvalue weighted by Crippen LogP contribution is 2.29. The number of nitrogens with zero attached hydrogens (tertiary/aromatic N) is 1. The molecule has 5 nitrogen and oxygen atoms in total. The zero-order valence-electron chi connectivity index (χ0n) is 14.2. The highest BCUT2D eigenvalue weighted by atomic mass is 35.5. The number of thiophene rings is 1. The Kier molecular flexibility index (Phi) is 5.60. The van der Waals surface area contributed by atoms with Gasteiger partial charge in [0, 0.05) is 19.1 Å². The number of carbonyl (C=O) groups excluding carboxylic acids is 2. The predicted molar refractivity (Wildman–Crippen MR) is 102 cm³/mol. The zero-order chi connectivity index (χ0) is 18.8. The van der Waals surface area contributed by atoms with Gasteiger partial charge in [-0.1, -0.05) is 11.6 Å². The molecule has 1 aromatic heterocycles. The van der Waals surface area contributed by atoms with Crippen LogP contribution in [0.4, 0.5) is 9.39 Å². The highest BCUT2D eigenvalue weighted by Gasteiger charge is 2.25. The van der Waals surface area contributed by atoms with Crippen molar-refractivity contribution in [3.05, 3.63) is 51.1 Å². The highest BCUT2D eigenvalue weighted by molar-refractivity contribution is 7.18. The molecule has 0 atom stereocenters. The number of carbonyl (C=O) groups is 2. The van der Waals surface area contributed by atoms with E-state index in [-0.39, 0.29) is 22.5 Å². The lowest BCUT2D eigenvalue weighted by Crippen LogP contribution is -2.42. The Labute approximate surface area is 159 Å². The van der Waals surface area contributed by atoms with Crippen LogP contribution >= 0.6 is 22.9 Å². The van der Waals surface area contributed by atoms with Crippen LogP contribution in [0.25, 0.3) is 0 Å². The number of piperidine rings is 1. The molecule has 138 valence electrons. The van der Waals surface area contributed by atoms with E-state index < -0.39 is 11.7 Å². The van der Waals surface area contributed by atoms with E-state index in [9.17, 15) is 14.0 Å². The first-order valence-corrected chi connectivity index (χ1v) is 9.46. The largest absolute Gasteiger partial charge is 0.338 e. The van der Waals surface area contributed by atoms with Crippen molar-refractivity contribution in [3.8, 4) is 0 Å². The van der Waals surface area contributed by atoms with Gasteiger partial charge in [0.1, 0.15) is 5.82 Å². The quantitative estimate of drug-likeness (QED) is 0.832. The zero-order valence-corrected chi connectivity index (χ0v) is 15.8. The average Bonchev–Trinajstić information content (AvgIpc) is 2.95. The van der Waals surface area contributed by atoms with Crippen LogP contribution in [-0.4, -0.2) is 35.8 Å². The number of hydrogen-bond donors (Lipinski definition) is 2. The third kappa shape index (κ3) is 4.06. The standard InChI is InChI=1S/C18H19ClFN3O2S/c1-10-8-15(22-17(24)13-3-2-11(20)9-14(13)19)26-16(10)18(25)23-6-4-12(21)5-7-23/h2-3,8-9,12H,4-7,21H2,1H3,(H,22,24). The molecular weight excluding hydrogens is 377 g/mol. The van der Waals surface area contributed by atoms with Crippen molar-refractivity contribution in [3.63, 3.8) is 0 Å². The van der Waals surface area contributed by atoms with E-state index in [1.165, 1.54) is 23.5 Å². The third-order valence-electron chi connectivity index (χ3n) is 4.35. The molecule has 2 amide bonds. The number of nitrogens with one attached hydrogen (secondary N) is 1. The Morgan fingerprint density at radius 1 is 1.31 bits per heavy atom. The Hall–Kier alpha value is -1.96. The van der Waals surface area contributed by atoms with Gasteiger partial charge in [0.15, 0.2) is 0 Å². The summed E-state index contributed by atoms with van der Waals surface area (Å²) in [6.45, 7) is 3.12. The number of anilines is 1. The monoisotopic (exact) mass is 395 g/mol. The minimum absolute atomic E-state index is 0.0386. The molecule has 1 aromatic carbocycles. The van der Waals surface area contributed by atoms with Gasteiger partial charge >= 0.3 is 0 Å². The van der Waals surface area contributed by atoms with Crippen molar-refractivity contribution in [1.29, 1.82) is 0 Å². The maximum Gasteiger partial charge on any atom is 0.264 e. The van der Waals surface area contributed by atoms with Crippen LogP contribution in [0.5, 0.6) is 0 Å². The smallest absolute Gasteiger partial charge is 0.264 e. The number of benzene rings is 1. The number of aryl methyl sites for hydroxylation is 1. The first kappa shape index (κ1) is 18.8. The van der Waals surface area contributed by atoms with E-state index in [4.69, 9.17) is 17.3 Å². The van der Waals surface area contributed by atoms with Gasteiger partial charge in [0.25, 0.3) is 11.8 Å². The van der Waals surface area contributed by atoms with E-state index in [1.54, 1.807) is 11.0 Å². The van der Waals surface area contributed by atoms with E-state index in [0.717, 1.165) is 24.5 Å². The SMILES string of the molecule is Cc1cc(NC(=O)c2ccc(F)cc2Cl)sc1C(=O)N1CCC(N)CC1. The molecule has 0 spiro atoms. The number of likely N-dealkylation sites (tertiary alicyclic amines) is 1. The molecule has 0 saturated carbocycles. The van der Waals surface area contributed by atoms with E-state index >= 15 is 0 Å². The molecule has 3 rings (SSSR count). The molecule has 0 radical (unpaired) electrons. The van der Waals surface area contributed by atoms with E-state index in [0.29, 0.717) is 23.0 Å². The molecule has 1 aliphatic rings. The fourth-order valence-corrected chi connectivity index (χ4v) is 4.14. The van der Waals surface area contributed by atoms with Crippen LogP contribution in [-0.2, 0) is 0 Å². The van der Waals surface area contributed by atoms with Gasteiger partial charge in [-0.05, 0) is 49.6 Å². The second-order valence-corrected chi connectivity index (χ2v) is 7.79. The van der Waals surface area contributed by atoms with Crippen LogP contribution in [0, 0.1) is 12.7 Å². The molecular formula is C18H19ClFN3O2S. The van der Waals surface area contributed by atoms with Crippen molar-refractivity contribution in [1.82, 2.24) is 4.90 Å². The normalized spacial score (nSPS) is 15.2. The first-order chi connectivity index (χ1) is 12.3. The van der Waals surface area contributed by atoms with Gasteiger partial charge in [-0.2, -0.15) is 0 Å². The number of nitrogens with two attached hydrogens (primary N) is 1. The average molecular weight is 396 g/mol. The summed E-state index contributed by atoms with van der Waals surface area (Å²) in [4.78, 5) is 27.5. The second-order valence-electron chi connectivity index (χ2n) is 6.33. The number of hydrogen-bond acceptors (Lipinski definition) is 4. The first-order valence-electron chi connectivity index (χ1n) is 8.27. The van der Waals surface area contributed by atoms with Gasteiger partial charge in [-0.3, -0.25) is 9.59 Å². The summed E-state index contributed by atoms with van der Waals surface area (Å²) in [7, 11) is 0. The third-order valence-corrected chi connectivity index (χ3v) is 5.80. The van der Waals surface area contributed by atoms with Gasteiger partial charge in [-0.25, -0.2) is 4.39 Å². The Bertz CT molecular complexity index is 847. The summed E-state index contributed by atoms with van der Waals surface area (Å²) in [6.07, 6.45) is 1.59. The van der Waals surface area contributed by atoms with E-state index in [1.807, 2.05) is 6.92 Å². The van der Waals surface area contributed by atoms with Crippen molar-refractivity contribution in [2.75, 3.05) is 18.4 Å². The Morgan fingerprint density at radius 3 is 2.65 bits per heavy atom. The molecule has 1 aliphatic heterocycles. The summed E-state index contributed by atoms with van der Waals surface area (Å²) in [6, 6.07) is 5.50. The maximum absolute atomic E-state index is 13.1.